The molecular weight excluding hydrogens is 448 g/mol. The first-order valence-electron chi connectivity index (χ1n) is 10.5. The fourth-order valence-corrected chi connectivity index (χ4v) is 4.00. The number of benzene rings is 3. The SMILES string of the molecule is CC(=O)Nc1ccc(-c2csc(NC(=O)CNC(=O)c3ccc(-c4ccccc4)cc3)n2)cc1. The van der Waals surface area contributed by atoms with E-state index in [9.17, 15) is 14.4 Å². The highest BCUT2D eigenvalue weighted by Crippen LogP contribution is 2.26. The van der Waals surface area contributed by atoms with Crippen molar-refractivity contribution < 1.29 is 14.4 Å². The van der Waals surface area contributed by atoms with E-state index in [0.717, 1.165) is 16.7 Å². The van der Waals surface area contributed by atoms with Gasteiger partial charge in [-0.05, 0) is 35.4 Å². The van der Waals surface area contributed by atoms with Crippen LogP contribution in [0.15, 0.2) is 84.2 Å². The Morgan fingerprint density at radius 3 is 2.12 bits per heavy atom. The first-order valence-corrected chi connectivity index (χ1v) is 11.4. The molecule has 3 aromatic carbocycles. The van der Waals surface area contributed by atoms with Crippen LogP contribution >= 0.6 is 11.3 Å². The molecule has 0 bridgehead atoms. The van der Waals surface area contributed by atoms with E-state index >= 15 is 0 Å². The highest BCUT2D eigenvalue weighted by molar-refractivity contribution is 7.14. The topological polar surface area (TPSA) is 100 Å². The second-order valence-electron chi connectivity index (χ2n) is 7.47. The number of anilines is 2. The molecule has 0 unspecified atom stereocenters. The number of nitrogens with one attached hydrogen (secondary N) is 3. The molecule has 3 amide bonds. The zero-order valence-electron chi connectivity index (χ0n) is 18.4. The lowest BCUT2D eigenvalue weighted by Crippen LogP contribution is -2.32. The summed E-state index contributed by atoms with van der Waals surface area (Å²) in [6, 6.07) is 24.4. The lowest BCUT2D eigenvalue weighted by Gasteiger charge is -2.07. The van der Waals surface area contributed by atoms with Crippen LogP contribution in [-0.4, -0.2) is 29.3 Å². The second kappa shape index (κ2) is 10.5. The van der Waals surface area contributed by atoms with E-state index in [2.05, 4.69) is 20.9 Å². The van der Waals surface area contributed by atoms with Crippen LogP contribution in [0.25, 0.3) is 22.4 Å². The number of hydrogen-bond acceptors (Lipinski definition) is 5. The molecule has 0 fully saturated rings. The van der Waals surface area contributed by atoms with Crippen molar-refractivity contribution >= 4 is 39.9 Å². The van der Waals surface area contributed by atoms with Crippen molar-refractivity contribution in [2.24, 2.45) is 0 Å². The lowest BCUT2D eigenvalue weighted by molar-refractivity contribution is -0.115. The van der Waals surface area contributed by atoms with Gasteiger partial charge >= 0.3 is 0 Å². The minimum atomic E-state index is -0.365. The van der Waals surface area contributed by atoms with Crippen molar-refractivity contribution in [2.45, 2.75) is 6.92 Å². The minimum absolute atomic E-state index is 0.136. The molecule has 4 aromatic rings. The third-order valence-electron chi connectivity index (χ3n) is 4.92. The van der Waals surface area contributed by atoms with Crippen LogP contribution in [0.2, 0.25) is 0 Å². The van der Waals surface area contributed by atoms with Crippen molar-refractivity contribution in [2.75, 3.05) is 17.2 Å². The molecule has 1 heterocycles. The van der Waals surface area contributed by atoms with Gasteiger partial charge in [-0.15, -0.1) is 11.3 Å². The third-order valence-corrected chi connectivity index (χ3v) is 5.67. The van der Waals surface area contributed by atoms with Crippen molar-refractivity contribution in [1.82, 2.24) is 10.3 Å². The Morgan fingerprint density at radius 1 is 0.794 bits per heavy atom. The summed E-state index contributed by atoms with van der Waals surface area (Å²) >= 11 is 1.29. The van der Waals surface area contributed by atoms with Gasteiger partial charge in [0.15, 0.2) is 5.13 Å². The number of carbonyl (C=O) groups is 3. The van der Waals surface area contributed by atoms with Gasteiger partial charge in [0, 0.05) is 29.1 Å². The molecule has 0 radical (unpaired) electrons. The monoisotopic (exact) mass is 470 g/mol. The Bertz CT molecular complexity index is 1300. The Labute approximate surface area is 200 Å². The summed E-state index contributed by atoms with van der Waals surface area (Å²) in [6.45, 7) is 1.28. The molecule has 0 aliphatic carbocycles. The van der Waals surface area contributed by atoms with Crippen LogP contribution in [-0.2, 0) is 9.59 Å². The van der Waals surface area contributed by atoms with E-state index in [1.54, 1.807) is 24.3 Å². The first kappa shape index (κ1) is 22.9. The summed E-state index contributed by atoms with van der Waals surface area (Å²) in [5, 5.41) is 10.3. The molecule has 3 N–H and O–H groups in total. The summed E-state index contributed by atoms with van der Waals surface area (Å²) in [6.07, 6.45) is 0. The highest BCUT2D eigenvalue weighted by atomic mass is 32.1. The van der Waals surface area contributed by atoms with E-state index < -0.39 is 0 Å². The fraction of sp³-hybridized carbons (Fsp3) is 0.0769. The van der Waals surface area contributed by atoms with E-state index in [0.29, 0.717) is 22.1 Å². The van der Waals surface area contributed by atoms with Crippen LogP contribution in [0.1, 0.15) is 17.3 Å². The van der Waals surface area contributed by atoms with E-state index in [1.165, 1.54) is 18.3 Å². The first-order chi connectivity index (χ1) is 16.5. The second-order valence-corrected chi connectivity index (χ2v) is 8.33. The maximum Gasteiger partial charge on any atom is 0.251 e. The van der Waals surface area contributed by atoms with Crippen LogP contribution in [0.5, 0.6) is 0 Å². The lowest BCUT2D eigenvalue weighted by atomic mass is 10.0. The molecule has 4 rings (SSSR count). The number of amides is 3. The minimum Gasteiger partial charge on any atom is -0.343 e. The highest BCUT2D eigenvalue weighted by Gasteiger charge is 2.11. The average molecular weight is 471 g/mol. The van der Waals surface area contributed by atoms with Crippen LogP contribution in [0.3, 0.4) is 0 Å². The molecule has 0 saturated carbocycles. The molecule has 1 aromatic heterocycles. The van der Waals surface area contributed by atoms with Gasteiger partial charge in [-0.2, -0.15) is 0 Å². The van der Waals surface area contributed by atoms with Gasteiger partial charge in [0.25, 0.3) is 5.91 Å². The van der Waals surface area contributed by atoms with Gasteiger partial charge < -0.3 is 16.0 Å². The normalized spacial score (nSPS) is 10.4. The number of nitrogens with zero attached hydrogens (tertiary/aromatic N) is 1. The molecule has 7 nitrogen and oxygen atoms in total. The van der Waals surface area contributed by atoms with Gasteiger partial charge in [0.1, 0.15) is 0 Å². The molecule has 0 saturated heterocycles. The smallest absolute Gasteiger partial charge is 0.251 e. The Balaban J connectivity index is 1.29. The zero-order chi connectivity index (χ0) is 23.9. The van der Waals surface area contributed by atoms with Crippen molar-refractivity contribution in [3.05, 3.63) is 89.8 Å². The standard InChI is InChI=1S/C26H22N4O3S/c1-17(31)28-22-13-11-20(12-14-22)23-16-34-26(29-23)30-24(32)15-27-25(33)21-9-7-19(8-10-21)18-5-3-2-4-6-18/h2-14,16H,15H2,1H3,(H,27,33)(H,28,31)(H,29,30,32). The van der Waals surface area contributed by atoms with Gasteiger partial charge in [0.2, 0.25) is 11.8 Å². The van der Waals surface area contributed by atoms with Gasteiger partial charge in [0.05, 0.1) is 12.2 Å². The van der Waals surface area contributed by atoms with Crippen LogP contribution in [0, 0.1) is 0 Å². The van der Waals surface area contributed by atoms with Gasteiger partial charge in [-0.3, -0.25) is 14.4 Å². The van der Waals surface area contributed by atoms with Crippen LogP contribution < -0.4 is 16.0 Å². The Kier molecular flexibility index (Phi) is 7.10. The number of aromatic nitrogens is 1. The van der Waals surface area contributed by atoms with Gasteiger partial charge in [-0.25, -0.2) is 4.98 Å². The van der Waals surface area contributed by atoms with Crippen molar-refractivity contribution in [1.29, 1.82) is 0 Å². The summed E-state index contributed by atoms with van der Waals surface area (Å²) in [5.41, 5.74) is 4.83. The summed E-state index contributed by atoms with van der Waals surface area (Å²) in [7, 11) is 0. The van der Waals surface area contributed by atoms with Crippen molar-refractivity contribution in [3.8, 4) is 22.4 Å². The molecule has 0 atom stereocenters. The Morgan fingerprint density at radius 2 is 1.44 bits per heavy atom. The summed E-state index contributed by atoms with van der Waals surface area (Å²) in [5.74, 6) is -0.826. The number of rotatable bonds is 7. The maximum atomic E-state index is 12.4. The molecule has 0 spiro atoms. The average Bonchev–Trinajstić information content (AvgIpc) is 3.31. The Hall–Kier alpha value is -4.30. The number of thiazole rings is 1. The fourth-order valence-electron chi connectivity index (χ4n) is 3.26. The third kappa shape index (κ3) is 5.93. The molecule has 170 valence electrons. The molecular formula is C26H22N4O3S. The van der Waals surface area contributed by atoms with E-state index in [-0.39, 0.29) is 24.3 Å². The molecule has 34 heavy (non-hydrogen) atoms. The predicted octanol–water partition coefficient (Wildman–Crippen LogP) is 4.80. The molecule has 0 aliphatic heterocycles. The van der Waals surface area contributed by atoms with E-state index in [4.69, 9.17) is 0 Å². The van der Waals surface area contributed by atoms with Crippen molar-refractivity contribution in [3.63, 3.8) is 0 Å². The molecule has 0 aliphatic rings. The molecule has 8 heteroatoms. The number of carbonyl (C=O) groups excluding carboxylic acids is 3. The van der Waals surface area contributed by atoms with E-state index in [1.807, 2.05) is 60.0 Å². The number of hydrogen-bond donors (Lipinski definition) is 3. The quantitative estimate of drug-likeness (QED) is 0.361. The van der Waals surface area contributed by atoms with Crippen LogP contribution in [0.4, 0.5) is 10.8 Å². The summed E-state index contributed by atoms with van der Waals surface area (Å²) < 4.78 is 0. The summed E-state index contributed by atoms with van der Waals surface area (Å²) in [4.78, 5) is 40.2. The largest absolute Gasteiger partial charge is 0.343 e. The predicted molar refractivity (Wildman–Crippen MR) is 135 cm³/mol. The van der Waals surface area contributed by atoms with Gasteiger partial charge in [-0.1, -0.05) is 54.6 Å². The maximum absolute atomic E-state index is 12.4. The zero-order valence-corrected chi connectivity index (χ0v) is 19.2.